The van der Waals surface area contributed by atoms with Crippen LogP contribution in [0.5, 0.6) is 5.75 Å². The Morgan fingerprint density at radius 3 is 2.83 bits per heavy atom. The van der Waals surface area contributed by atoms with Gasteiger partial charge in [0, 0.05) is 12.6 Å². The van der Waals surface area contributed by atoms with Crippen molar-refractivity contribution in [3.8, 4) is 5.75 Å². The van der Waals surface area contributed by atoms with Crippen LogP contribution in [-0.4, -0.2) is 42.6 Å². The minimum atomic E-state index is -0.0439. The molecule has 0 radical (unpaired) electrons. The lowest BCUT2D eigenvalue weighted by Crippen LogP contribution is -2.38. The molecule has 0 spiro atoms. The standard InChI is InChI=1S/C20H32N2O2/c1-16(2)24-19-12-5-4-11-18(19)20(23)21-13-7-9-15-22-14-8-6-10-17(22)3/h4-5,11-12,16-17H,6-10,13-15H2,1-3H3,(H,21,23). The molecule has 1 N–H and O–H groups in total. The molecule has 1 atom stereocenters. The molecule has 1 saturated heterocycles. The highest BCUT2D eigenvalue weighted by molar-refractivity contribution is 5.96. The van der Waals surface area contributed by atoms with E-state index in [0.29, 0.717) is 17.4 Å². The summed E-state index contributed by atoms with van der Waals surface area (Å²) < 4.78 is 5.72. The molecule has 1 heterocycles. The fraction of sp³-hybridized carbons (Fsp3) is 0.650. The number of likely N-dealkylation sites (tertiary alicyclic amines) is 1. The molecule has 1 aromatic carbocycles. The second-order valence-corrected chi connectivity index (χ2v) is 7.01. The summed E-state index contributed by atoms with van der Waals surface area (Å²) in [5.41, 5.74) is 0.621. The summed E-state index contributed by atoms with van der Waals surface area (Å²) in [4.78, 5) is 14.9. The molecule has 4 heteroatoms. The highest BCUT2D eigenvalue weighted by Crippen LogP contribution is 2.19. The Balaban J connectivity index is 1.71. The van der Waals surface area contributed by atoms with Crippen LogP contribution in [0.3, 0.4) is 0 Å². The summed E-state index contributed by atoms with van der Waals surface area (Å²) in [6.45, 7) is 9.35. The second kappa shape index (κ2) is 9.67. The molecule has 1 aromatic rings. The molecule has 4 nitrogen and oxygen atoms in total. The Morgan fingerprint density at radius 1 is 1.29 bits per heavy atom. The molecule has 134 valence electrons. The summed E-state index contributed by atoms with van der Waals surface area (Å²) >= 11 is 0. The average molecular weight is 332 g/mol. The normalized spacial score (nSPS) is 18.6. The number of hydrogen-bond donors (Lipinski definition) is 1. The van der Waals surface area contributed by atoms with Crippen molar-refractivity contribution >= 4 is 5.91 Å². The SMILES string of the molecule is CC(C)Oc1ccccc1C(=O)NCCCCN1CCCCC1C. The van der Waals surface area contributed by atoms with Gasteiger partial charge in [-0.2, -0.15) is 0 Å². The number of para-hydroxylation sites is 1. The molecule has 1 aliphatic rings. The fourth-order valence-corrected chi connectivity index (χ4v) is 3.24. The van der Waals surface area contributed by atoms with Gasteiger partial charge in [-0.05, 0) is 71.7 Å². The zero-order valence-electron chi connectivity index (χ0n) is 15.4. The van der Waals surface area contributed by atoms with Crippen LogP contribution in [0, 0.1) is 0 Å². The van der Waals surface area contributed by atoms with E-state index in [2.05, 4.69) is 17.1 Å². The minimum absolute atomic E-state index is 0.0439. The van der Waals surface area contributed by atoms with E-state index in [9.17, 15) is 4.79 Å². The Morgan fingerprint density at radius 2 is 2.08 bits per heavy atom. The molecule has 0 aromatic heterocycles. The van der Waals surface area contributed by atoms with Crippen molar-refractivity contribution in [2.75, 3.05) is 19.6 Å². The van der Waals surface area contributed by atoms with Gasteiger partial charge in [-0.15, -0.1) is 0 Å². The molecule has 0 bridgehead atoms. The van der Waals surface area contributed by atoms with Gasteiger partial charge < -0.3 is 15.0 Å². The van der Waals surface area contributed by atoms with Crippen molar-refractivity contribution in [2.45, 2.75) is 65.0 Å². The third kappa shape index (κ3) is 5.82. The van der Waals surface area contributed by atoms with Gasteiger partial charge in [-0.3, -0.25) is 4.79 Å². The fourth-order valence-electron chi connectivity index (χ4n) is 3.24. The topological polar surface area (TPSA) is 41.6 Å². The summed E-state index contributed by atoms with van der Waals surface area (Å²) in [5, 5.41) is 3.02. The number of hydrogen-bond acceptors (Lipinski definition) is 3. The molecule has 1 aliphatic heterocycles. The number of unbranched alkanes of at least 4 members (excludes halogenated alkanes) is 1. The van der Waals surface area contributed by atoms with Gasteiger partial charge in [0.05, 0.1) is 11.7 Å². The lowest BCUT2D eigenvalue weighted by molar-refractivity contribution is 0.0945. The maximum absolute atomic E-state index is 12.4. The zero-order valence-corrected chi connectivity index (χ0v) is 15.4. The van der Waals surface area contributed by atoms with Gasteiger partial charge in [-0.25, -0.2) is 0 Å². The van der Waals surface area contributed by atoms with Crippen LogP contribution < -0.4 is 10.1 Å². The van der Waals surface area contributed by atoms with Crippen LogP contribution in [-0.2, 0) is 0 Å². The van der Waals surface area contributed by atoms with Gasteiger partial charge in [0.1, 0.15) is 5.75 Å². The smallest absolute Gasteiger partial charge is 0.255 e. The van der Waals surface area contributed by atoms with E-state index in [1.165, 1.54) is 25.8 Å². The predicted octanol–water partition coefficient (Wildman–Crippen LogP) is 3.86. The minimum Gasteiger partial charge on any atom is -0.490 e. The monoisotopic (exact) mass is 332 g/mol. The van der Waals surface area contributed by atoms with Crippen LogP contribution in [0.1, 0.15) is 63.2 Å². The molecular formula is C20H32N2O2. The Hall–Kier alpha value is -1.55. The van der Waals surface area contributed by atoms with Crippen molar-refractivity contribution in [2.24, 2.45) is 0 Å². The predicted molar refractivity (Wildman–Crippen MR) is 98.7 cm³/mol. The van der Waals surface area contributed by atoms with E-state index in [1.807, 2.05) is 38.1 Å². The number of ether oxygens (including phenoxy) is 1. The zero-order chi connectivity index (χ0) is 17.4. The van der Waals surface area contributed by atoms with Gasteiger partial charge in [-0.1, -0.05) is 18.6 Å². The third-order valence-corrected chi connectivity index (χ3v) is 4.59. The van der Waals surface area contributed by atoms with Crippen LogP contribution in [0.4, 0.5) is 0 Å². The molecule has 1 amide bonds. The van der Waals surface area contributed by atoms with Gasteiger partial charge >= 0.3 is 0 Å². The van der Waals surface area contributed by atoms with E-state index in [1.54, 1.807) is 0 Å². The Labute approximate surface area is 146 Å². The third-order valence-electron chi connectivity index (χ3n) is 4.59. The quantitative estimate of drug-likeness (QED) is 0.735. The second-order valence-electron chi connectivity index (χ2n) is 7.01. The molecule has 1 unspecified atom stereocenters. The summed E-state index contributed by atoms with van der Waals surface area (Å²) in [7, 11) is 0. The molecule has 0 saturated carbocycles. The molecule has 0 aliphatic carbocycles. The van der Waals surface area contributed by atoms with Gasteiger partial charge in [0.25, 0.3) is 5.91 Å². The van der Waals surface area contributed by atoms with Crippen molar-refractivity contribution in [1.29, 1.82) is 0 Å². The van der Waals surface area contributed by atoms with E-state index in [4.69, 9.17) is 4.74 Å². The number of carbonyl (C=O) groups is 1. The lowest BCUT2D eigenvalue weighted by atomic mass is 10.0. The Kier molecular flexibility index (Phi) is 7.57. The first-order chi connectivity index (χ1) is 11.6. The largest absolute Gasteiger partial charge is 0.490 e. The number of carbonyl (C=O) groups excluding carboxylic acids is 1. The molecule has 1 fully saturated rings. The van der Waals surface area contributed by atoms with E-state index >= 15 is 0 Å². The highest BCUT2D eigenvalue weighted by atomic mass is 16.5. The van der Waals surface area contributed by atoms with Gasteiger partial charge in [0.2, 0.25) is 0 Å². The van der Waals surface area contributed by atoms with E-state index < -0.39 is 0 Å². The number of nitrogens with one attached hydrogen (secondary N) is 1. The molecule has 24 heavy (non-hydrogen) atoms. The van der Waals surface area contributed by atoms with Crippen molar-refractivity contribution in [3.05, 3.63) is 29.8 Å². The number of amides is 1. The summed E-state index contributed by atoms with van der Waals surface area (Å²) in [6.07, 6.45) is 6.23. The lowest BCUT2D eigenvalue weighted by Gasteiger charge is -2.33. The van der Waals surface area contributed by atoms with E-state index in [-0.39, 0.29) is 12.0 Å². The summed E-state index contributed by atoms with van der Waals surface area (Å²) in [6, 6.07) is 8.16. The maximum atomic E-state index is 12.4. The van der Waals surface area contributed by atoms with Gasteiger partial charge in [0.15, 0.2) is 0 Å². The Bertz CT molecular complexity index is 516. The van der Waals surface area contributed by atoms with E-state index in [0.717, 1.165) is 25.9 Å². The first-order valence-corrected chi connectivity index (χ1v) is 9.36. The van der Waals surface area contributed by atoms with Crippen molar-refractivity contribution < 1.29 is 9.53 Å². The molecule has 2 rings (SSSR count). The molecular weight excluding hydrogens is 300 g/mol. The highest BCUT2D eigenvalue weighted by Gasteiger charge is 2.17. The number of nitrogens with zero attached hydrogens (tertiary/aromatic N) is 1. The van der Waals surface area contributed by atoms with Crippen LogP contribution >= 0.6 is 0 Å². The van der Waals surface area contributed by atoms with Crippen molar-refractivity contribution in [3.63, 3.8) is 0 Å². The number of rotatable bonds is 8. The maximum Gasteiger partial charge on any atom is 0.255 e. The average Bonchev–Trinajstić information content (AvgIpc) is 2.56. The number of benzene rings is 1. The number of piperidine rings is 1. The van der Waals surface area contributed by atoms with Crippen LogP contribution in [0.2, 0.25) is 0 Å². The van der Waals surface area contributed by atoms with Crippen molar-refractivity contribution in [1.82, 2.24) is 10.2 Å². The first kappa shape index (κ1) is 18.8. The summed E-state index contributed by atoms with van der Waals surface area (Å²) in [5.74, 6) is 0.615. The first-order valence-electron chi connectivity index (χ1n) is 9.36. The van der Waals surface area contributed by atoms with Crippen LogP contribution in [0.15, 0.2) is 24.3 Å². The van der Waals surface area contributed by atoms with Crippen LogP contribution in [0.25, 0.3) is 0 Å².